The average molecular weight is 475 g/mol. The number of hydrogen-bond acceptors (Lipinski definition) is 4. The van der Waals surface area contributed by atoms with Crippen LogP contribution in [0.1, 0.15) is 49.1 Å². The highest BCUT2D eigenvalue weighted by Gasteiger charge is 2.62. The molecule has 5 rings (SSSR count). The highest BCUT2D eigenvalue weighted by atomic mass is 16.5. The second kappa shape index (κ2) is 8.87. The summed E-state index contributed by atoms with van der Waals surface area (Å²) in [4.78, 5) is 39.1. The first-order valence-electron chi connectivity index (χ1n) is 12.1. The Morgan fingerprint density at radius 1 is 1.06 bits per heavy atom. The Morgan fingerprint density at radius 2 is 1.66 bits per heavy atom. The minimum atomic E-state index is -1.14. The van der Waals surface area contributed by atoms with Crippen molar-refractivity contribution in [2.45, 2.75) is 43.6 Å². The number of fused-ring (bicyclic) bond motifs is 3. The molecule has 3 aliphatic rings. The van der Waals surface area contributed by atoms with Gasteiger partial charge in [-0.05, 0) is 53.4 Å². The molecule has 0 aliphatic heterocycles. The highest BCUT2D eigenvalue weighted by Crippen LogP contribution is 2.61. The van der Waals surface area contributed by atoms with Crippen LogP contribution < -0.4 is 5.32 Å². The van der Waals surface area contributed by atoms with Crippen LogP contribution in [-0.4, -0.2) is 53.2 Å². The maximum Gasteiger partial charge on any atom is 0.408 e. The van der Waals surface area contributed by atoms with Crippen LogP contribution in [-0.2, 0) is 14.3 Å². The van der Waals surface area contributed by atoms with E-state index in [1.165, 1.54) is 11.0 Å². The summed E-state index contributed by atoms with van der Waals surface area (Å²) in [7, 11) is 0. The average Bonchev–Trinajstić information content (AvgIpc) is 3.11. The van der Waals surface area contributed by atoms with E-state index >= 15 is 0 Å². The monoisotopic (exact) mass is 474 g/mol. The maximum absolute atomic E-state index is 13.5. The van der Waals surface area contributed by atoms with E-state index in [4.69, 9.17) is 4.74 Å². The number of carboxylic acid groups (broad SMARTS) is 1. The number of ether oxygens (including phenoxy) is 1. The topological polar surface area (TPSA) is 95.9 Å². The lowest BCUT2D eigenvalue weighted by Gasteiger charge is -2.60. The molecule has 2 amide bonds. The molecule has 2 saturated carbocycles. The smallest absolute Gasteiger partial charge is 0.408 e. The van der Waals surface area contributed by atoms with Gasteiger partial charge >= 0.3 is 12.1 Å². The number of aliphatic carboxylic acids is 1. The number of alkyl carbamates (subject to hydrolysis) is 1. The van der Waals surface area contributed by atoms with Gasteiger partial charge in [0.15, 0.2) is 0 Å². The van der Waals surface area contributed by atoms with Gasteiger partial charge in [0.25, 0.3) is 0 Å². The van der Waals surface area contributed by atoms with Crippen LogP contribution in [0.15, 0.2) is 61.2 Å². The van der Waals surface area contributed by atoms with Crippen LogP contribution in [0, 0.1) is 5.41 Å². The van der Waals surface area contributed by atoms with Crippen LogP contribution in [0.2, 0.25) is 0 Å². The van der Waals surface area contributed by atoms with E-state index in [-0.39, 0.29) is 30.4 Å². The number of carbonyl (C=O) groups is 3. The number of carbonyl (C=O) groups excluding carboxylic acids is 2. The van der Waals surface area contributed by atoms with Crippen LogP contribution >= 0.6 is 0 Å². The summed E-state index contributed by atoms with van der Waals surface area (Å²) >= 11 is 0. The van der Waals surface area contributed by atoms with E-state index in [0.717, 1.165) is 41.5 Å². The Hall–Kier alpha value is -3.61. The number of rotatable bonds is 8. The zero-order valence-electron chi connectivity index (χ0n) is 19.7. The molecular formula is C28H30N2O5. The second-order valence-electron chi connectivity index (χ2n) is 10.1. The lowest BCUT2D eigenvalue weighted by atomic mass is 9.48. The molecule has 1 spiro atoms. The highest BCUT2D eigenvalue weighted by molar-refractivity contribution is 5.93. The minimum absolute atomic E-state index is 0.0648. The van der Waals surface area contributed by atoms with Crippen molar-refractivity contribution in [1.82, 2.24) is 10.2 Å². The van der Waals surface area contributed by atoms with Crippen LogP contribution in [0.25, 0.3) is 11.1 Å². The number of benzene rings is 2. The molecule has 0 bridgehead atoms. The zero-order chi connectivity index (χ0) is 24.6. The molecule has 35 heavy (non-hydrogen) atoms. The van der Waals surface area contributed by atoms with Gasteiger partial charge < -0.3 is 20.1 Å². The fourth-order valence-corrected chi connectivity index (χ4v) is 6.22. The largest absolute Gasteiger partial charge is 0.480 e. The molecule has 0 aromatic heterocycles. The number of nitrogens with zero attached hydrogens (tertiary/aromatic N) is 1. The Morgan fingerprint density at radius 3 is 2.17 bits per heavy atom. The van der Waals surface area contributed by atoms with Crippen molar-refractivity contribution in [3.05, 3.63) is 72.3 Å². The zero-order valence-corrected chi connectivity index (χ0v) is 19.7. The van der Waals surface area contributed by atoms with Crippen molar-refractivity contribution in [2.24, 2.45) is 5.41 Å². The normalized spacial score (nSPS) is 18.4. The summed E-state index contributed by atoms with van der Waals surface area (Å²) in [5.74, 6) is -1.57. The molecule has 7 heteroatoms. The molecule has 3 aliphatic carbocycles. The summed E-state index contributed by atoms with van der Waals surface area (Å²) in [5, 5.41) is 12.1. The van der Waals surface area contributed by atoms with Crippen molar-refractivity contribution in [3.63, 3.8) is 0 Å². The molecule has 2 aromatic carbocycles. The second-order valence-corrected chi connectivity index (χ2v) is 10.1. The van der Waals surface area contributed by atoms with Crippen LogP contribution in [0.4, 0.5) is 4.79 Å². The first kappa shape index (κ1) is 23.1. The lowest BCUT2D eigenvalue weighted by molar-refractivity contribution is -0.158. The van der Waals surface area contributed by atoms with Gasteiger partial charge in [-0.15, -0.1) is 6.58 Å². The van der Waals surface area contributed by atoms with E-state index in [2.05, 4.69) is 36.2 Å². The van der Waals surface area contributed by atoms with Crippen LogP contribution in [0.3, 0.4) is 0 Å². The Kier molecular flexibility index (Phi) is 5.87. The van der Waals surface area contributed by atoms with Gasteiger partial charge in [0.2, 0.25) is 5.91 Å². The molecule has 2 aromatic rings. The Balaban J connectivity index is 1.31. The van der Waals surface area contributed by atoms with Gasteiger partial charge in [-0.1, -0.05) is 61.0 Å². The van der Waals surface area contributed by atoms with Crippen LogP contribution in [0.5, 0.6) is 0 Å². The van der Waals surface area contributed by atoms with E-state index in [9.17, 15) is 19.5 Å². The summed E-state index contributed by atoms with van der Waals surface area (Å²) in [5.41, 5.74) is 3.44. The molecule has 2 N–H and O–H groups in total. The van der Waals surface area contributed by atoms with Crippen molar-refractivity contribution in [1.29, 1.82) is 0 Å². The molecular weight excluding hydrogens is 444 g/mol. The first-order chi connectivity index (χ1) is 16.9. The first-order valence-corrected chi connectivity index (χ1v) is 12.1. The third-order valence-corrected chi connectivity index (χ3v) is 7.82. The van der Waals surface area contributed by atoms with Crippen molar-refractivity contribution < 1.29 is 24.2 Å². The van der Waals surface area contributed by atoms with Crippen molar-refractivity contribution in [3.8, 4) is 11.1 Å². The minimum Gasteiger partial charge on any atom is -0.480 e. The fraction of sp³-hybridized carbons (Fsp3) is 0.393. The molecule has 0 atom stereocenters. The van der Waals surface area contributed by atoms with Gasteiger partial charge in [-0.2, -0.15) is 0 Å². The summed E-state index contributed by atoms with van der Waals surface area (Å²) in [6, 6.07) is 16.2. The summed E-state index contributed by atoms with van der Waals surface area (Å²) in [6.45, 7) is 3.46. The van der Waals surface area contributed by atoms with Crippen molar-refractivity contribution in [2.75, 3.05) is 19.7 Å². The van der Waals surface area contributed by atoms with Gasteiger partial charge in [0.1, 0.15) is 18.7 Å². The third kappa shape index (κ3) is 4.09. The Labute approximate surface area is 204 Å². The quantitative estimate of drug-likeness (QED) is 0.556. The molecule has 7 nitrogen and oxygen atoms in total. The van der Waals surface area contributed by atoms with E-state index in [1.807, 2.05) is 24.3 Å². The van der Waals surface area contributed by atoms with E-state index in [1.54, 1.807) is 0 Å². The molecule has 0 heterocycles. The molecule has 0 radical (unpaired) electrons. The Bertz CT molecular complexity index is 1130. The number of nitrogens with one attached hydrogen (secondary N) is 1. The van der Waals surface area contributed by atoms with Gasteiger partial charge in [0, 0.05) is 12.5 Å². The fourth-order valence-electron chi connectivity index (χ4n) is 6.22. The maximum atomic E-state index is 13.5. The predicted octanol–water partition coefficient (Wildman–Crippen LogP) is 4.33. The van der Waals surface area contributed by atoms with Gasteiger partial charge in [-0.25, -0.2) is 4.79 Å². The van der Waals surface area contributed by atoms with E-state index < -0.39 is 24.1 Å². The molecule has 2 fully saturated rings. The van der Waals surface area contributed by atoms with Gasteiger partial charge in [0.05, 0.1) is 0 Å². The molecule has 182 valence electrons. The number of amides is 2. The standard InChI is InChI=1S/C28H30N2O5/c1-2-14-30(15-24(31)32)25(33)28(17-27(18-28)12-7-13-27)29-26(34)35-16-23-21-10-5-3-8-19(21)20-9-4-6-11-22(20)23/h2-6,8-11,23H,1,7,12-18H2,(H,29,34)(H,31,32). The SMILES string of the molecule is C=CCN(CC(=O)O)C(=O)C1(NC(=O)OCC2c3ccccc3-c3ccccc32)CC2(CCC2)C1. The summed E-state index contributed by atoms with van der Waals surface area (Å²) in [6.07, 6.45) is 5.03. The predicted molar refractivity (Wildman–Crippen MR) is 131 cm³/mol. The van der Waals surface area contributed by atoms with E-state index in [0.29, 0.717) is 12.8 Å². The summed E-state index contributed by atoms with van der Waals surface area (Å²) < 4.78 is 5.70. The number of hydrogen-bond donors (Lipinski definition) is 2. The molecule has 0 saturated heterocycles. The molecule has 0 unspecified atom stereocenters. The lowest BCUT2D eigenvalue weighted by Crippen LogP contribution is -2.71. The number of carboxylic acids is 1. The van der Waals surface area contributed by atoms with Crippen molar-refractivity contribution >= 4 is 18.0 Å². The van der Waals surface area contributed by atoms with Gasteiger partial charge in [-0.3, -0.25) is 9.59 Å². The third-order valence-electron chi connectivity index (χ3n) is 7.82.